The summed E-state index contributed by atoms with van der Waals surface area (Å²) in [6, 6.07) is 16.2. The maximum Gasteiger partial charge on any atom is 0.141 e. The lowest BCUT2D eigenvalue weighted by molar-refractivity contribution is 1.21. The third-order valence-electron chi connectivity index (χ3n) is 3.68. The molecule has 0 atom stereocenters. The fourth-order valence-electron chi connectivity index (χ4n) is 2.60. The van der Waals surface area contributed by atoms with Crippen LogP contribution in [0.4, 0.5) is 11.5 Å². The van der Waals surface area contributed by atoms with Gasteiger partial charge < -0.3 is 5.32 Å². The summed E-state index contributed by atoms with van der Waals surface area (Å²) in [5, 5.41) is 5.51. The number of para-hydroxylation sites is 1. The van der Waals surface area contributed by atoms with Crippen molar-refractivity contribution in [3.63, 3.8) is 0 Å². The van der Waals surface area contributed by atoms with Crippen LogP contribution in [0.2, 0.25) is 0 Å². The summed E-state index contributed by atoms with van der Waals surface area (Å²) >= 11 is 0. The van der Waals surface area contributed by atoms with E-state index in [0.29, 0.717) is 0 Å². The lowest BCUT2D eigenvalue weighted by Crippen LogP contribution is -1.97. The normalized spacial score (nSPS) is 11.0. The van der Waals surface area contributed by atoms with Crippen LogP contribution in [-0.2, 0) is 0 Å². The van der Waals surface area contributed by atoms with Crippen molar-refractivity contribution in [3.8, 4) is 0 Å². The smallest absolute Gasteiger partial charge is 0.141 e. The molecule has 0 aliphatic carbocycles. The van der Waals surface area contributed by atoms with E-state index in [0.717, 1.165) is 33.3 Å². The predicted molar refractivity (Wildman–Crippen MR) is 89.3 cm³/mol. The molecule has 4 rings (SSSR count). The van der Waals surface area contributed by atoms with Gasteiger partial charge in [0.05, 0.1) is 16.7 Å². The molecular formula is C18H14N4. The number of hydrogen-bond acceptors (Lipinski definition) is 4. The second-order valence-electron chi connectivity index (χ2n) is 5.25. The lowest BCUT2D eigenvalue weighted by atomic mass is 10.1. The monoisotopic (exact) mass is 286 g/mol. The fourth-order valence-corrected chi connectivity index (χ4v) is 2.60. The van der Waals surface area contributed by atoms with Gasteiger partial charge in [0, 0.05) is 17.0 Å². The minimum Gasteiger partial charge on any atom is -0.338 e. The average Bonchev–Trinajstić information content (AvgIpc) is 2.56. The molecule has 106 valence electrons. The van der Waals surface area contributed by atoms with E-state index < -0.39 is 0 Å². The summed E-state index contributed by atoms with van der Waals surface area (Å²) in [6.45, 7) is 2.07. The van der Waals surface area contributed by atoms with Gasteiger partial charge in [-0.1, -0.05) is 29.8 Å². The van der Waals surface area contributed by atoms with E-state index >= 15 is 0 Å². The summed E-state index contributed by atoms with van der Waals surface area (Å²) in [5.41, 5.74) is 3.99. The van der Waals surface area contributed by atoms with Crippen LogP contribution in [0.3, 0.4) is 0 Å². The molecule has 0 saturated carbocycles. The van der Waals surface area contributed by atoms with Crippen molar-refractivity contribution in [3.05, 3.63) is 66.6 Å². The van der Waals surface area contributed by atoms with Gasteiger partial charge in [-0.05, 0) is 31.2 Å². The van der Waals surface area contributed by atoms with Crippen molar-refractivity contribution >= 4 is 33.3 Å². The first-order chi connectivity index (χ1) is 10.8. The Labute approximate surface area is 127 Å². The summed E-state index contributed by atoms with van der Waals surface area (Å²) in [6.07, 6.45) is 3.38. The minimum atomic E-state index is 0.798. The van der Waals surface area contributed by atoms with Crippen molar-refractivity contribution in [2.45, 2.75) is 6.92 Å². The quantitative estimate of drug-likeness (QED) is 0.599. The van der Waals surface area contributed by atoms with Crippen LogP contribution in [0.1, 0.15) is 5.56 Å². The second-order valence-corrected chi connectivity index (χ2v) is 5.25. The molecule has 2 aromatic carbocycles. The number of fused-ring (bicyclic) bond motifs is 2. The van der Waals surface area contributed by atoms with Crippen LogP contribution >= 0.6 is 0 Å². The number of hydrogen-bond donors (Lipinski definition) is 1. The maximum atomic E-state index is 4.47. The highest BCUT2D eigenvalue weighted by Crippen LogP contribution is 2.27. The van der Waals surface area contributed by atoms with Gasteiger partial charge in [-0.25, -0.2) is 9.97 Å². The number of nitrogens with one attached hydrogen (secondary N) is 1. The molecule has 2 aromatic heterocycles. The lowest BCUT2D eigenvalue weighted by Gasteiger charge is -2.10. The number of nitrogens with zero attached hydrogens (tertiary/aromatic N) is 3. The summed E-state index contributed by atoms with van der Waals surface area (Å²) in [4.78, 5) is 13.2. The van der Waals surface area contributed by atoms with Crippen molar-refractivity contribution in [1.82, 2.24) is 15.0 Å². The maximum absolute atomic E-state index is 4.47. The number of aromatic nitrogens is 3. The highest BCUT2D eigenvalue weighted by molar-refractivity contribution is 5.96. The van der Waals surface area contributed by atoms with Crippen LogP contribution in [-0.4, -0.2) is 15.0 Å². The molecule has 0 saturated heterocycles. The van der Waals surface area contributed by atoms with Crippen LogP contribution < -0.4 is 5.32 Å². The summed E-state index contributed by atoms with van der Waals surface area (Å²) in [7, 11) is 0. The molecule has 4 aromatic rings. The molecular weight excluding hydrogens is 272 g/mol. The van der Waals surface area contributed by atoms with E-state index in [1.165, 1.54) is 5.56 Å². The Morgan fingerprint density at radius 1 is 0.909 bits per heavy atom. The van der Waals surface area contributed by atoms with E-state index in [9.17, 15) is 0 Å². The van der Waals surface area contributed by atoms with Crippen molar-refractivity contribution in [1.29, 1.82) is 0 Å². The number of benzene rings is 2. The second kappa shape index (κ2) is 5.07. The Morgan fingerprint density at radius 2 is 1.82 bits per heavy atom. The molecule has 2 heterocycles. The van der Waals surface area contributed by atoms with Crippen LogP contribution in [0.15, 0.2) is 61.1 Å². The molecule has 0 spiro atoms. The molecule has 0 radical (unpaired) electrons. The first kappa shape index (κ1) is 12.7. The molecule has 22 heavy (non-hydrogen) atoms. The molecule has 0 unspecified atom stereocenters. The summed E-state index contributed by atoms with van der Waals surface area (Å²) in [5.74, 6) is 0.798. The van der Waals surface area contributed by atoms with Crippen molar-refractivity contribution < 1.29 is 0 Å². The van der Waals surface area contributed by atoms with Gasteiger partial charge >= 0.3 is 0 Å². The van der Waals surface area contributed by atoms with E-state index in [1.807, 2.05) is 24.3 Å². The molecule has 0 aliphatic heterocycles. The fraction of sp³-hybridized carbons (Fsp3) is 0.0556. The largest absolute Gasteiger partial charge is 0.338 e. The molecule has 4 heteroatoms. The van der Waals surface area contributed by atoms with Gasteiger partial charge in [0.25, 0.3) is 0 Å². The standard InChI is InChI=1S/C18H14N4/c1-12-7-8-15-14(10-12)18(21-11-20-15)22-16-6-2-4-13-5-3-9-19-17(13)16/h2-11H,1H3,(H,20,21,22). The van der Waals surface area contributed by atoms with Crippen LogP contribution in [0, 0.1) is 6.92 Å². The zero-order valence-corrected chi connectivity index (χ0v) is 12.1. The molecule has 1 N–H and O–H groups in total. The Kier molecular flexibility index (Phi) is 2.93. The zero-order valence-electron chi connectivity index (χ0n) is 12.1. The number of aryl methyl sites for hydroxylation is 1. The number of rotatable bonds is 2. The van der Waals surface area contributed by atoms with Crippen molar-refractivity contribution in [2.24, 2.45) is 0 Å². The first-order valence-corrected chi connectivity index (χ1v) is 7.13. The average molecular weight is 286 g/mol. The molecule has 0 aliphatic rings. The van der Waals surface area contributed by atoms with Crippen molar-refractivity contribution in [2.75, 3.05) is 5.32 Å². The predicted octanol–water partition coefficient (Wildman–Crippen LogP) is 4.23. The molecule has 0 fully saturated rings. The van der Waals surface area contributed by atoms with Gasteiger partial charge in [0.15, 0.2) is 0 Å². The molecule has 0 bridgehead atoms. The Morgan fingerprint density at radius 3 is 2.77 bits per heavy atom. The van der Waals surface area contributed by atoms with E-state index in [1.54, 1.807) is 12.5 Å². The highest BCUT2D eigenvalue weighted by atomic mass is 15.0. The van der Waals surface area contributed by atoms with Crippen LogP contribution in [0.25, 0.3) is 21.8 Å². The van der Waals surface area contributed by atoms with E-state index in [4.69, 9.17) is 0 Å². The highest BCUT2D eigenvalue weighted by Gasteiger charge is 2.07. The molecule has 0 amide bonds. The SMILES string of the molecule is Cc1ccc2ncnc(Nc3cccc4cccnc34)c2c1. The van der Waals surface area contributed by atoms with Gasteiger partial charge in [0.1, 0.15) is 12.1 Å². The zero-order chi connectivity index (χ0) is 14.9. The minimum absolute atomic E-state index is 0.798. The van der Waals surface area contributed by atoms with Crippen LogP contribution in [0.5, 0.6) is 0 Å². The molecule has 4 nitrogen and oxygen atoms in total. The Bertz CT molecular complexity index is 973. The van der Waals surface area contributed by atoms with E-state index in [-0.39, 0.29) is 0 Å². The summed E-state index contributed by atoms with van der Waals surface area (Å²) < 4.78 is 0. The number of pyridine rings is 1. The Hall–Kier alpha value is -3.01. The number of anilines is 2. The van der Waals surface area contributed by atoms with E-state index in [2.05, 4.69) is 51.5 Å². The third kappa shape index (κ3) is 2.15. The first-order valence-electron chi connectivity index (χ1n) is 7.13. The van der Waals surface area contributed by atoms with Gasteiger partial charge in [-0.2, -0.15) is 0 Å². The van der Waals surface area contributed by atoms with Gasteiger partial charge in [0.2, 0.25) is 0 Å². The van der Waals surface area contributed by atoms with Gasteiger partial charge in [-0.15, -0.1) is 0 Å². The Balaban J connectivity index is 1.88. The topological polar surface area (TPSA) is 50.7 Å². The van der Waals surface area contributed by atoms with Gasteiger partial charge in [-0.3, -0.25) is 4.98 Å². The third-order valence-corrected chi connectivity index (χ3v) is 3.68.